The molecule has 17 nitrogen and oxygen atoms in total. The van der Waals surface area contributed by atoms with Gasteiger partial charge in [-0.2, -0.15) is 0 Å². The molecule has 0 saturated carbocycles. The zero-order valence-corrected chi connectivity index (χ0v) is 64.9. The second kappa shape index (κ2) is 73.3. The molecule has 0 aromatic heterocycles. The van der Waals surface area contributed by atoms with Crippen LogP contribution in [0.15, 0.2) is 97.2 Å². The third-order valence-electron chi connectivity index (χ3n) is 16.5. The van der Waals surface area contributed by atoms with Crippen LogP contribution in [0.25, 0.3) is 0 Å². The molecule has 0 aromatic carbocycles. The Hall–Kier alpha value is -4.02. The number of rotatable bonds is 74. The highest BCUT2D eigenvalue weighted by molar-refractivity contribution is 7.47. The number of carbonyl (C=O) groups is 4. The van der Waals surface area contributed by atoms with E-state index in [1.54, 1.807) is 0 Å². The van der Waals surface area contributed by atoms with Crippen LogP contribution in [0.1, 0.15) is 336 Å². The molecule has 0 aliphatic heterocycles. The highest BCUT2D eigenvalue weighted by atomic mass is 31.2. The van der Waals surface area contributed by atoms with Crippen molar-refractivity contribution in [1.82, 2.24) is 0 Å². The van der Waals surface area contributed by atoms with E-state index in [1.807, 2.05) is 12.2 Å². The number of unbranched alkanes of at least 4 members (excludes halogenated alkanes) is 33. The van der Waals surface area contributed by atoms with Crippen LogP contribution in [0.2, 0.25) is 0 Å². The summed E-state index contributed by atoms with van der Waals surface area (Å²) in [6.45, 7) is 4.73. The topological polar surface area (TPSA) is 237 Å². The first-order valence-electron chi connectivity index (χ1n) is 39.5. The van der Waals surface area contributed by atoms with Gasteiger partial charge < -0.3 is 33.8 Å². The Morgan fingerprint density at radius 2 is 0.530 bits per heavy atom. The number of esters is 4. The van der Waals surface area contributed by atoms with Crippen molar-refractivity contribution in [2.45, 2.75) is 354 Å². The van der Waals surface area contributed by atoms with E-state index in [4.69, 9.17) is 37.0 Å². The van der Waals surface area contributed by atoms with Crippen molar-refractivity contribution >= 4 is 39.5 Å². The average Bonchev–Trinajstić information content (AvgIpc) is 1.13. The lowest BCUT2D eigenvalue weighted by Crippen LogP contribution is -2.30. The molecule has 19 heteroatoms. The summed E-state index contributed by atoms with van der Waals surface area (Å²) >= 11 is 0. The maximum Gasteiger partial charge on any atom is 0.472 e. The highest BCUT2D eigenvalue weighted by Gasteiger charge is 2.30. The lowest BCUT2D eigenvalue weighted by molar-refractivity contribution is -0.161. The molecule has 5 atom stereocenters. The fourth-order valence-corrected chi connectivity index (χ4v) is 12.0. The van der Waals surface area contributed by atoms with E-state index < -0.39 is 97.5 Å². The van der Waals surface area contributed by atoms with E-state index in [1.165, 1.54) is 109 Å². The SMILES string of the molecule is CCCCC/C=C\C/C=C\C/C=C\C/C=C\CCCC(=O)O[C@H](COC(=O)CCCCCCC/C=C\CCCCCC)COP(=O)(O)OC[C@@H](O)COP(=O)(O)OC[C@@H](COC(=O)CCCCCCC/C=C\C=C/CCCCCC)OC(=O)CCCCCCC/C=C\CCCCCCCC. The smallest absolute Gasteiger partial charge is 0.462 e. The van der Waals surface area contributed by atoms with Crippen molar-refractivity contribution < 1.29 is 80.2 Å². The summed E-state index contributed by atoms with van der Waals surface area (Å²) in [6.07, 6.45) is 76.8. The van der Waals surface area contributed by atoms with Crippen LogP contribution in [-0.4, -0.2) is 96.7 Å². The Balaban J connectivity index is 5.42. The number of hydrogen-bond acceptors (Lipinski definition) is 15. The fraction of sp³-hybridized carbons (Fsp3) is 0.753. The quantitative estimate of drug-likeness (QED) is 0.0128. The second-order valence-electron chi connectivity index (χ2n) is 26.3. The van der Waals surface area contributed by atoms with Gasteiger partial charge in [-0.15, -0.1) is 0 Å². The first-order chi connectivity index (χ1) is 48.7. The lowest BCUT2D eigenvalue weighted by atomic mass is 10.1. The van der Waals surface area contributed by atoms with E-state index >= 15 is 0 Å². The van der Waals surface area contributed by atoms with Crippen LogP contribution in [0.3, 0.4) is 0 Å². The molecule has 0 amide bonds. The molecular weight excluding hydrogens is 1310 g/mol. The third-order valence-corrected chi connectivity index (χ3v) is 18.4. The molecule has 0 aliphatic carbocycles. The standard InChI is InChI=1S/C81H142O17P2/c1-5-9-13-17-21-25-29-33-36-37-40-44-48-52-56-60-64-68-81(86)98-76(71-91-78(83)65-61-57-53-49-45-41-32-28-24-20-16-12-8-4)73-95-99(87,88)93-69-75(82)70-94-100(89,90)96-74-77(97-80(85)67-63-59-55-51-47-43-39-35-31-27-23-19-15-11-7-3)72-92-79(84)66-62-58-54-50-46-42-38-34-30-26-22-18-14-10-6-2/h21,25-26,28,30,32-36,38-40,44,52,56,75-77,82H,5-20,22-24,27,29,31,37,41-43,45-51,53-55,57-74H2,1-4H3,(H,87,88)(H,89,90)/b25-21-,30-26-,32-28-,36-33-,38-34-,39-35-,44-40-,56-52-/t75-,76-,77-/m1/s1. The van der Waals surface area contributed by atoms with Crippen LogP contribution in [-0.2, 0) is 65.4 Å². The van der Waals surface area contributed by atoms with E-state index in [2.05, 4.69) is 113 Å². The van der Waals surface area contributed by atoms with Crippen LogP contribution < -0.4 is 0 Å². The molecule has 0 heterocycles. The van der Waals surface area contributed by atoms with Crippen molar-refractivity contribution in [2.24, 2.45) is 0 Å². The Morgan fingerprint density at radius 1 is 0.290 bits per heavy atom. The monoisotopic (exact) mass is 1450 g/mol. The van der Waals surface area contributed by atoms with Gasteiger partial charge in [-0.25, -0.2) is 9.13 Å². The second-order valence-corrected chi connectivity index (χ2v) is 29.2. The zero-order chi connectivity index (χ0) is 73.2. The van der Waals surface area contributed by atoms with E-state index in [0.29, 0.717) is 32.1 Å². The fourth-order valence-electron chi connectivity index (χ4n) is 10.4. The van der Waals surface area contributed by atoms with Gasteiger partial charge in [-0.05, 0) is 141 Å². The molecular formula is C81H142O17P2. The lowest BCUT2D eigenvalue weighted by Gasteiger charge is -2.21. The molecule has 0 saturated heterocycles. The third kappa shape index (κ3) is 72.3. The number of aliphatic hydroxyl groups is 1. The molecule has 3 N–H and O–H groups in total. The van der Waals surface area contributed by atoms with Gasteiger partial charge in [0.15, 0.2) is 12.2 Å². The van der Waals surface area contributed by atoms with Gasteiger partial charge in [-0.1, -0.05) is 266 Å². The Labute approximate surface area is 607 Å². The molecule has 0 aliphatic rings. The largest absolute Gasteiger partial charge is 0.472 e. The molecule has 2 unspecified atom stereocenters. The van der Waals surface area contributed by atoms with Gasteiger partial charge >= 0.3 is 39.5 Å². The Bertz CT molecular complexity index is 2270. The number of hydrogen-bond donors (Lipinski definition) is 3. The summed E-state index contributed by atoms with van der Waals surface area (Å²) in [5.41, 5.74) is 0. The van der Waals surface area contributed by atoms with Gasteiger partial charge in [0.1, 0.15) is 19.3 Å². The summed E-state index contributed by atoms with van der Waals surface area (Å²) in [7, 11) is -9.97. The van der Waals surface area contributed by atoms with Gasteiger partial charge in [0.25, 0.3) is 0 Å². The normalized spacial score (nSPS) is 14.4. The predicted octanol–water partition coefficient (Wildman–Crippen LogP) is 22.8. The number of phosphoric ester groups is 2. The number of aliphatic hydroxyl groups excluding tert-OH is 1. The summed E-state index contributed by atoms with van der Waals surface area (Å²) in [5.74, 6) is -2.26. The van der Waals surface area contributed by atoms with Crippen LogP contribution in [0, 0.1) is 0 Å². The maximum absolute atomic E-state index is 13.1. The molecule has 0 bridgehead atoms. The minimum atomic E-state index is -4.99. The van der Waals surface area contributed by atoms with Gasteiger partial charge in [0, 0.05) is 25.7 Å². The van der Waals surface area contributed by atoms with Crippen molar-refractivity contribution in [1.29, 1.82) is 0 Å². The van der Waals surface area contributed by atoms with Gasteiger partial charge in [-0.3, -0.25) is 37.3 Å². The molecule has 578 valence electrons. The van der Waals surface area contributed by atoms with Crippen molar-refractivity contribution in [2.75, 3.05) is 39.6 Å². The molecule has 0 rings (SSSR count). The Kier molecular flexibility index (Phi) is 70.4. The van der Waals surface area contributed by atoms with Crippen LogP contribution in [0.4, 0.5) is 0 Å². The van der Waals surface area contributed by atoms with Crippen molar-refractivity contribution in [3.63, 3.8) is 0 Å². The minimum absolute atomic E-state index is 0.0175. The molecule has 0 fully saturated rings. The maximum atomic E-state index is 13.1. The molecule has 100 heavy (non-hydrogen) atoms. The first-order valence-corrected chi connectivity index (χ1v) is 42.5. The summed E-state index contributed by atoms with van der Waals surface area (Å²) in [4.78, 5) is 72.9. The molecule has 0 radical (unpaired) electrons. The van der Waals surface area contributed by atoms with E-state index in [9.17, 15) is 43.2 Å². The summed E-state index contributed by atoms with van der Waals surface area (Å²) < 4.78 is 68.5. The molecule has 0 spiro atoms. The van der Waals surface area contributed by atoms with Crippen molar-refractivity contribution in [3.8, 4) is 0 Å². The predicted molar refractivity (Wildman–Crippen MR) is 409 cm³/mol. The van der Waals surface area contributed by atoms with Crippen LogP contribution in [0.5, 0.6) is 0 Å². The average molecular weight is 1450 g/mol. The summed E-state index contributed by atoms with van der Waals surface area (Å²) in [6, 6.07) is 0. The minimum Gasteiger partial charge on any atom is -0.462 e. The Morgan fingerprint density at radius 3 is 0.890 bits per heavy atom. The zero-order valence-electron chi connectivity index (χ0n) is 63.1. The van der Waals surface area contributed by atoms with E-state index in [-0.39, 0.29) is 25.7 Å². The number of phosphoric acid groups is 2. The van der Waals surface area contributed by atoms with Gasteiger partial charge in [0.2, 0.25) is 0 Å². The van der Waals surface area contributed by atoms with Crippen LogP contribution >= 0.6 is 15.6 Å². The molecule has 0 aromatic rings. The number of ether oxygens (including phenoxy) is 4. The highest BCUT2D eigenvalue weighted by Crippen LogP contribution is 2.45. The number of allylic oxidation sites excluding steroid dienone is 16. The van der Waals surface area contributed by atoms with Gasteiger partial charge in [0.05, 0.1) is 26.4 Å². The first kappa shape index (κ1) is 96.0. The summed E-state index contributed by atoms with van der Waals surface area (Å²) in [5, 5.41) is 10.6. The van der Waals surface area contributed by atoms with Crippen molar-refractivity contribution in [3.05, 3.63) is 97.2 Å². The number of carbonyl (C=O) groups excluding carboxylic acids is 4. The van der Waals surface area contributed by atoms with E-state index in [0.717, 1.165) is 141 Å².